The molecule has 1 aromatic rings. The van der Waals surface area contributed by atoms with E-state index in [2.05, 4.69) is 15.9 Å². The topological polar surface area (TPSA) is 72.6 Å². The number of halogens is 1. The van der Waals surface area contributed by atoms with Gasteiger partial charge in [0.15, 0.2) is 0 Å². The molecule has 0 aromatic heterocycles. The van der Waals surface area contributed by atoms with E-state index in [1.165, 1.54) is 6.07 Å². The number of nitro benzene ring substituents is 1. The van der Waals surface area contributed by atoms with Gasteiger partial charge in [0.25, 0.3) is 0 Å². The molecule has 0 spiro atoms. The van der Waals surface area contributed by atoms with Gasteiger partial charge in [-0.2, -0.15) is 0 Å². The Bertz CT molecular complexity index is 342. The van der Waals surface area contributed by atoms with Crippen LogP contribution in [0.15, 0.2) is 22.7 Å². The molecule has 0 saturated carbocycles. The van der Waals surface area contributed by atoms with Crippen LogP contribution in [-0.2, 0) is 0 Å². The predicted molar refractivity (Wildman–Crippen MR) is 53.4 cm³/mol. The second kappa shape index (κ2) is 4.92. The average molecular weight is 262 g/mol. The molecule has 1 aromatic carbocycles. The molecule has 0 aliphatic rings. The van der Waals surface area contributed by atoms with Gasteiger partial charge in [0.1, 0.15) is 6.61 Å². The van der Waals surface area contributed by atoms with Crippen molar-refractivity contribution in [3.05, 3.63) is 32.8 Å². The van der Waals surface area contributed by atoms with Crippen LogP contribution in [0.1, 0.15) is 0 Å². The SMILES string of the molecule is O=[N+]([O-])c1cccc(Br)c1OCCO. The third-order valence-corrected chi connectivity index (χ3v) is 2.11. The van der Waals surface area contributed by atoms with E-state index in [1.807, 2.05) is 0 Å². The maximum Gasteiger partial charge on any atom is 0.312 e. The van der Waals surface area contributed by atoms with E-state index in [9.17, 15) is 10.1 Å². The molecule has 0 fully saturated rings. The Balaban J connectivity index is 3.02. The summed E-state index contributed by atoms with van der Waals surface area (Å²) in [5.41, 5.74) is -0.118. The van der Waals surface area contributed by atoms with Gasteiger partial charge in [-0.15, -0.1) is 0 Å². The minimum Gasteiger partial charge on any atom is -0.484 e. The lowest BCUT2D eigenvalue weighted by Crippen LogP contribution is -2.04. The fourth-order valence-electron chi connectivity index (χ4n) is 0.932. The summed E-state index contributed by atoms with van der Waals surface area (Å²) >= 11 is 3.13. The number of hydrogen-bond donors (Lipinski definition) is 1. The van der Waals surface area contributed by atoms with Gasteiger partial charge in [0.2, 0.25) is 5.75 Å². The molecule has 0 aliphatic carbocycles. The Labute approximate surface area is 88.6 Å². The highest BCUT2D eigenvalue weighted by Crippen LogP contribution is 2.34. The first-order valence-corrected chi connectivity index (χ1v) is 4.62. The zero-order valence-corrected chi connectivity index (χ0v) is 8.73. The summed E-state index contributed by atoms with van der Waals surface area (Å²) in [6.07, 6.45) is 0. The lowest BCUT2D eigenvalue weighted by Gasteiger charge is -2.06. The lowest BCUT2D eigenvalue weighted by atomic mass is 10.3. The van der Waals surface area contributed by atoms with Crippen LogP contribution in [0.5, 0.6) is 5.75 Å². The van der Waals surface area contributed by atoms with Crippen molar-refractivity contribution in [1.29, 1.82) is 0 Å². The number of ether oxygens (including phenoxy) is 1. The van der Waals surface area contributed by atoms with Gasteiger partial charge in [0, 0.05) is 6.07 Å². The molecular formula is C8H8BrNO4. The van der Waals surface area contributed by atoms with Gasteiger partial charge in [0.05, 0.1) is 16.0 Å². The van der Waals surface area contributed by atoms with E-state index in [1.54, 1.807) is 12.1 Å². The number of rotatable bonds is 4. The molecule has 0 atom stereocenters. The molecule has 0 bridgehead atoms. The third kappa shape index (κ3) is 2.43. The van der Waals surface area contributed by atoms with Crippen LogP contribution in [0, 0.1) is 10.1 Å². The Morgan fingerprint density at radius 1 is 1.57 bits per heavy atom. The minimum absolute atomic E-state index is 0.0312. The van der Waals surface area contributed by atoms with Gasteiger partial charge >= 0.3 is 5.69 Å². The van der Waals surface area contributed by atoms with Crippen molar-refractivity contribution in [1.82, 2.24) is 0 Å². The second-order valence-electron chi connectivity index (χ2n) is 2.42. The van der Waals surface area contributed by atoms with E-state index in [-0.39, 0.29) is 24.7 Å². The number of nitro groups is 1. The van der Waals surface area contributed by atoms with Crippen molar-refractivity contribution >= 4 is 21.6 Å². The normalized spacial score (nSPS) is 9.86. The first-order chi connectivity index (χ1) is 6.66. The number of aliphatic hydroxyl groups excluding tert-OH is 1. The quantitative estimate of drug-likeness (QED) is 0.662. The monoisotopic (exact) mass is 261 g/mol. The van der Waals surface area contributed by atoms with Crippen molar-refractivity contribution in [3.63, 3.8) is 0 Å². The largest absolute Gasteiger partial charge is 0.484 e. The number of hydrogen-bond acceptors (Lipinski definition) is 4. The van der Waals surface area contributed by atoms with Crippen LogP contribution in [0.4, 0.5) is 5.69 Å². The smallest absolute Gasteiger partial charge is 0.312 e. The molecule has 0 radical (unpaired) electrons. The molecule has 1 N–H and O–H groups in total. The summed E-state index contributed by atoms with van der Waals surface area (Å²) in [5.74, 6) is 0.145. The standard InChI is InChI=1S/C8H8BrNO4/c9-6-2-1-3-7(10(12)13)8(6)14-5-4-11/h1-3,11H,4-5H2. The fourth-order valence-corrected chi connectivity index (χ4v) is 1.40. The summed E-state index contributed by atoms with van der Waals surface area (Å²) in [6.45, 7) is -0.151. The van der Waals surface area contributed by atoms with Gasteiger partial charge in [-0.05, 0) is 22.0 Å². The van der Waals surface area contributed by atoms with Crippen LogP contribution in [0.2, 0.25) is 0 Å². The number of aliphatic hydroxyl groups is 1. The van der Waals surface area contributed by atoms with Crippen molar-refractivity contribution in [2.75, 3.05) is 13.2 Å². The van der Waals surface area contributed by atoms with E-state index < -0.39 is 4.92 Å². The molecular weight excluding hydrogens is 254 g/mol. The third-order valence-electron chi connectivity index (χ3n) is 1.48. The molecule has 0 saturated heterocycles. The summed E-state index contributed by atoms with van der Waals surface area (Å²) in [4.78, 5) is 10.0. The molecule has 76 valence electrons. The van der Waals surface area contributed by atoms with Crippen molar-refractivity contribution in [2.45, 2.75) is 0 Å². The Morgan fingerprint density at radius 2 is 2.29 bits per heavy atom. The summed E-state index contributed by atoms with van der Waals surface area (Å²) in [5, 5.41) is 19.1. The molecule has 0 unspecified atom stereocenters. The Morgan fingerprint density at radius 3 is 2.86 bits per heavy atom. The molecule has 1 rings (SSSR count). The number of nitrogens with zero attached hydrogens (tertiary/aromatic N) is 1. The first-order valence-electron chi connectivity index (χ1n) is 3.83. The first kappa shape index (κ1) is 10.9. The molecule has 0 aliphatic heterocycles. The highest BCUT2D eigenvalue weighted by Gasteiger charge is 2.17. The van der Waals surface area contributed by atoms with Gasteiger partial charge in [-0.3, -0.25) is 10.1 Å². The number of para-hydroxylation sites is 1. The summed E-state index contributed by atoms with van der Waals surface area (Å²) in [7, 11) is 0. The average Bonchev–Trinajstić information content (AvgIpc) is 2.15. The summed E-state index contributed by atoms with van der Waals surface area (Å²) in [6, 6.07) is 4.53. The van der Waals surface area contributed by atoms with Gasteiger partial charge in [-0.25, -0.2) is 0 Å². The fraction of sp³-hybridized carbons (Fsp3) is 0.250. The van der Waals surface area contributed by atoms with Crippen LogP contribution in [0.25, 0.3) is 0 Å². The zero-order valence-electron chi connectivity index (χ0n) is 7.14. The highest BCUT2D eigenvalue weighted by molar-refractivity contribution is 9.10. The van der Waals surface area contributed by atoms with E-state index >= 15 is 0 Å². The minimum atomic E-state index is -0.530. The molecule has 0 heterocycles. The van der Waals surface area contributed by atoms with Crippen LogP contribution in [0.3, 0.4) is 0 Å². The molecule has 6 heteroatoms. The number of benzene rings is 1. The van der Waals surface area contributed by atoms with E-state index in [4.69, 9.17) is 9.84 Å². The maximum atomic E-state index is 10.6. The van der Waals surface area contributed by atoms with Crippen LogP contribution < -0.4 is 4.74 Å². The van der Waals surface area contributed by atoms with E-state index in [0.717, 1.165) is 0 Å². The van der Waals surface area contributed by atoms with Crippen molar-refractivity contribution in [3.8, 4) is 5.75 Å². The maximum absolute atomic E-state index is 10.6. The molecule has 14 heavy (non-hydrogen) atoms. The van der Waals surface area contributed by atoms with Crippen molar-refractivity contribution < 1.29 is 14.8 Å². The van der Waals surface area contributed by atoms with Gasteiger partial charge in [-0.1, -0.05) is 6.07 Å². The van der Waals surface area contributed by atoms with Crippen molar-refractivity contribution in [2.24, 2.45) is 0 Å². The second-order valence-corrected chi connectivity index (χ2v) is 3.27. The van der Waals surface area contributed by atoms with Crippen LogP contribution in [-0.4, -0.2) is 23.2 Å². The zero-order chi connectivity index (χ0) is 10.6. The highest BCUT2D eigenvalue weighted by atomic mass is 79.9. The summed E-state index contributed by atoms with van der Waals surface area (Å²) < 4.78 is 5.54. The van der Waals surface area contributed by atoms with Crippen LogP contribution >= 0.6 is 15.9 Å². The lowest BCUT2D eigenvalue weighted by molar-refractivity contribution is -0.386. The Hall–Kier alpha value is -1.14. The Kier molecular flexibility index (Phi) is 3.84. The van der Waals surface area contributed by atoms with Gasteiger partial charge < -0.3 is 9.84 Å². The predicted octanol–water partition coefficient (Wildman–Crippen LogP) is 1.73. The molecule has 5 nitrogen and oxygen atoms in total. The molecule has 0 amide bonds. The van der Waals surface area contributed by atoms with E-state index in [0.29, 0.717) is 4.47 Å².